The van der Waals surface area contributed by atoms with Gasteiger partial charge >= 0.3 is 5.69 Å². The lowest BCUT2D eigenvalue weighted by Crippen LogP contribution is -2.39. The second kappa shape index (κ2) is 5.63. The maximum absolute atomic E-state index is 12.8. The van der Waals surface area contributed by atoms with Crippen molar-refractivity contribution in [2.45, 2.75) is 13.1 Å². The SMILES string of the molecule is C=CCn1c(=O)c2c(nc3n2CCN3c2ccc(Cl)cc2)n(C)c1=O. The molecule has 7 nitrogen and oxygen atoms in total. The molecule has 0 bridgehead atoms. The van der Waals surface area contributed by atoms with Gasteiger partial charge in [-0.05, 0) is 24.3 Å². The van der Waals surface area contributed by atoms with Gasteiger partial charge in [-0.25, -0.2) is 4.79 Å². The van der Waals surface area contributed by atoms with Crippen LogP contribution >= 0.6 is 11.6 Å². The van der Waals surface area contributed by atoms with Crippen LogP contribution in [0, 0.1) is 0 Å². The minimum Gasteiger partial charge on any atom is -0.310 e. The number of rotatable bonds is 3. The highest BCUT2D eigenvalue weighted by molar-refractivity contribution is 6.30. The summed E-state index contributed by atoms with van der Waals surface area (Å²) in [5.74, 6) is 0.653. The van der Waals surface area contributed by atoms with Gasteiger partial charge in [0.05, 0.1) is 0 Å². The minimum absolute atomic E-state index is 0.170. The third kappa shape index (κ3) is 2.23. The quantitative estimate of drug-likeness (QED) is 0.671. The van der Waals surface area contributed by atoms with Crippen molar-refractivity contribution < 1.29 is 0 Å². The van der Waals surface area contributed by atoms with E-state index in [-0.39, 0.29) is 12.1 Å². The third-order valence-electron chi connectivity index (χ3n) is 4.45. The van der Waals surface area contributed by atoms with Gasteiger partial charge < -0.3 is 9.47 Å². The molecule has 4 rings (SSSR count). The Bertz CT molecular complexity index is 1110. The summed E-state index contributed by atoms with van der Waals surface area (Å²) in [6.07, 6.45) is 1.54. The van der Waals surface area contributed by atoms with Gasteiger partial charge in [0.25, 0.3) is 5.56 Å². The Kier molecular flexibility index (Phi) is 3.54. The normalized spacial score (nSPS) is 13.4. The molecule has 3 aromatic rings. The molecule has 0 fully saturated rings. The molecule has 1 aliphatic rings. The Labute approximate surface area is 148 Å². The summed E-state index contributed by atoms with van der Waals surface area (Å²) in [5, 5.41) is 0.658. The van der Waals surface area contributed by atoms with Gasteiger partial charge in [0.2, 0.25) is 5.95 Å². The molecule has 1 aliphatic heterocycles. The van der Waals surface area contributed by atoms with E-state index in [2.05, 4.69) is 11.6 Å². The molecule has 0 atom stereocenters. The lowest BCUT2D eigenvalue weighted by molar-refractivity contribution is 0.662. The van der Waals surface area contributed by atoms with Crippen LogP contribution in [0.1, 0.15) is 0 Å². The first-order valence-corrected chi connectivity index (χ1v) is 8.25. The lowest BCUT2D eigenvalue weighted by Gasteiger charge is -2.15. The van der Waals surface area contributed by atoms with Gasteiger partial charge in [0.15, 0.2) is 11.2 Å². The van der Waals surface area contributed by atoms with Crippen LogP contribution in [0.2, 0.25) is 5.02 Å². The number of nitrogens with zero attached hydrogens (tertiary/aromatic N) is 5. The number of benzene rings is 1. The molecule has 1 aromatic carbocycles. The van der Waals surface area contributed by atoms with Crippen molar-refractivity contribution in [1.29, 1.82) is 0 Å². The van der Waals surface area contributed by atoms with E-state index in [0.717, 1.165) is 5.69 Å². The highest BCUT2D eigenvalue weighted by atomic mass is 35.5. The zero-order valence-corrected chi connectivity index (χ0v) is 14.4. The number of hydrogen-bond acceptors (Lipinski definition) is 4. The first-order chi connectivity index (χ1) is 12.0. The van der Waals surface area contributed by atoms with Crippen molar-refractivity contribution >= 4 is 34.4 Å². The molecule has 8 heteroatoms. The maximum atomic E-state index is 12.8. The van der Waals surface area contributed by atoms with Crippen molar-refractivity contribution in [1.82, 2.24) is 18.7 Å². The number of fused-ring (bicyclic) bond motifs is 3. The van der Waals surface area contributed by atoms with Crippen LogP contribution in [-0.4, -0.2) is 25.2 Å². The number of aromatic nitrogens is 4. The van der Waals surface area contributed by atoms with E-state index in [1.165, 1.54) is 15.2 Å². The lowest BCUT2D eigenvalue weighted by atomic mass is 10.3. The summed E-state index contributed by atoms with van der Waals surface area (Å²) in [7, 11) is 1.62. The Balaban J connectivity index is 1.97. The molecule has 2 aromatic heterocycles. The first-order valence-electron chi connectivity index (χ1n) is 7.87. The van der Waals surface area contributed by atoms with Crippen molar-refractivity contribution in [3.63, 3.8) is 0 Å². The van der Waals surface area contributed by atoms with Crippen molar-refractivity contribution in [2.24, 2.45) is 7.05 Å². The fourth-order valence-electron chi connectivity index (χ4n) is 3.23. The fourth-order valence-corrected chi connectivity index (χ4v) is 3.36. The molecule has 0 saturated heterocycles. The van der Waals surface area contributed by atoms with E-state index < -0.39 is 5.69 Å². The molecule has 0 N–H and O–H groups in total. The summed E-state index contributed by atoms with van der Waals surface area (Å²) in [5.41, 5.74) is 1.04. The standard InChI is InChI=1S/C17H16ClN5O2/c1-3-8-23-15(24)13-14(20(2)17(23)25)19-16-21(9-10-22(13)16)12-6-4-11(18)5-7-12/h3-7H,1,8-10H2,2H3. The van der Waals surface area contributed by atoms with E-state index in [1.807, 2.05) is 33.7 Å². The zero-order valence-electron chi connectivity index (χ0n) is 13.6. The van der Waals surface area contributed by atoms with Crippen LogP contribution in [0.3, 0.4) is 0 Å². The summed E-state index contributed by atoms with van der Waals surface area (Å²) in [6, 6.07) is 7.45. The predicted molar refractivity (Wildman–Crippen MR) is 97.9 cm³/mol. The molecule has 0 saturated carbocycles. The van der Waals surface area contributed by atoms with Gasteiger partial charge in [-0.3, -0.25) is 13.9 Å². The molecular formula is C17H16ClN5O2. The van der Waals surface area contributed by atoms with Crippen LogP contribution in [-0.2, 0) is 20.1 Å². The van der Waals surface area contributed by atoms with Crippen LogP contribution in [0.4, 0.5) is 11.6 Å². The Hall–Kier alpha value is -2.80. The van der Waals surface area contributed by atoms with Crippen LogP contribution < -0.4 is 16.1 Å². The summed E-state index contributed by atoms with van der Waals surface area (Å²) in [4.78, 5) is 31.8. The number of aryl methyl sites for hydroxylation is 1. The summed E-state index contributed by atoms with van der Waals surface area (Å²) >= 11 is 5.96. The van der Waals surface area contributed by atoms with Gasteiger partial charge in [0.1, 0.15) is 0 Å². The molecule has 25 heavy (non-hydrogen) atoms. The van der Waals surface area contributed by atoms with E-state index in [9.17, 15) is 9.59 Å². The van der Waals surface area contributed by atoms with E-state index in [0.29, 0.717) is 35.2 Å². The number of hydrogen-bond donors (Lipinski definition) is 0. The van der Waals surface area contributed by atoms with Crippen LogP contribution in [0.25, 0.3) is 11.2 Å². The van der Waals surface area contributed by atoms with Crippen molar-refractivity contribution in [3.8, 4) is 0 Å². The Morgan fingerprint density at radius 2 is 1.96 bits per heavy atom. The Morgan fingerprint density at radius 3 is 2.64 bits per heavy atom. The number of allylic oxidation sites excluding steroid dienone is 1. The van der Waals surface area contributed by atoms with Crippen molar-refractivity contribution in [3.05, 3.63) is 62.8 Å². The monoisotopic (exact) mass is 357 g/mol. The number of imidazole rings is 1. The second-order valence-corrected chi connectivity index (χ2v) is 6.35. The van der Waals surface area contributed by atoms with Gasteiger partial charge in [0, 0.05) is 37.4 Å². The molecule has 0 spiro atoms. The van der Waals surface area contributed by atoms with Crippen LogP contribution in [0.5, 0.6) is 0 Å². The van der Waals surface area contributed by atoms with Crippen LogP contribution in [0.15, 0.2) is 46.5 Å². The van der Waals surface area contributed by atoms with Gasteiger partial charge in [-0.2, -0.15) is 4.98 Å². The minimum atomic E-state index is -0.396. The first kappa shape index (κ1) is 15.7. The average molecular weight is 358 g/mol. The van der Waals surface area contributed by atoms with Crippen molar-refractivity contribution in [2.75, 3.05) is 11.4 Å². The molecule has 3 heterocycles. The highest BCUT2D eigenvalue weighted by Gasteiger charge is 2.28. The van der Waals surface area contributed by atoms with E-state index in [4.69, 9.17) is 11.6 Å². The molecular weight excluding hydrogens is 342 g/mol. The summed E-state index contributed by atoms with van der Waals surface area (Å²) < 4.78 is 4.45. The molecule has 0 amide bonds. The predicted octanol–water partition coefficient (Wildman–Crippen LogP) is 1.89. The number of halogens is 1. The maximum Gasteiger partial charge on any atom is 0.332 e. The summed E-state index contributed by atoms with van der Waals surface area (Å²) in [6.45, 7) is 5.11. The molecule has 0 aliphatic carbocycles. The fraction of sp³-hybridized carbons (Fsp3) is 0.235. The second-order valence-electron chi connectivity index (χ2n) is 5.91. The molecule has 0 radical (unpaired) electrons. The van der Waals surface area contributed by atoms with Gasteiger partial charge in [-0.15, -0.1) is 6.58 Å². The molecule has 128 valence electrons. The Morgan fingerprint density at radius 1 is 1.24 bits per heavy atom. The van der Waals surface area contributed by atoms with Gasteiger partial charge in [-0.1, -0.05) is 17.7 Å². The smallest absolute Gasteiger partial charge is 0.310 e. The topological polar surface area (TPSA) is 65.1 Å². The highest BCUT2D eigenvalue weighted by Crippen LogP contribution is 2.32. The largest absolute Gasteiger partial charge is 0.332 e. The average Bonchev–Trinajstić information content (AvgIpc) is 3.17. The van der Waals surface area contributed by atoms with E-state index in [1.54, 1.807) is 7.05 Å². The number of anilines is 2. The third-order valence-corrected chi connectivity index (χ3v) is 4.70. The zero-order chi connectivity index (χ0) is 17.7. The van der Waals surface area contributed by atoms with E-state index >= 15 is 0 Å². The molecule has 0 unspecified atom stereocenters.